The van der Waals surface area contributed by atoms with Gasteiger partial charge in [-0.3, -0.25) is 0 Å². The molecular weight excluding hydrogens is 741 g/mol. The second-order valence-corrected chi connectivity index (χ2v) is 17.7. The third-order valence-corrected chi connectivity index (χ3v) is 14.1. The second-order valence-electron chi connectivity index (χ2n) is 17.7. The molecular formula is C56H38BN3O. The van der Waals surface area contributed by atoms with E-state index in [2.05, 4.69) is 211 Å². The lowest BCUT2D eigenvalue weighted by molar-refractivity contribution is 0.631. The van der Waals surface area contributed by atoms with Crippen LogP contribution in [0.15, 0.2) is 180 Å². The first kappa shape index (κ1) is 33.3. The molecule has 14 rings (SSSR count). The van der Waals surface area contributed by atoms with Crippen molar-refractivity contribution < 1.29 is 4.42 Å². The van der Waals surface area contributed by atoms with Gasteiger partial charge in [-0.2, -0.15) is 0 Å². The molecule has 11 aromatic rings. The van der Waals surface area contributed by atoms with Crippen LogP contribution in [-0.4, -0.2) is 11.4 Å². The Hall–Kier alpha value is -7.50. The Labute approximate surface area is 353 Å². The normalized spacial score (nSPS) is 14.2. The summed E-state index contributed by atoms with van der Waals surface area (Å²) in [7, 11) is 0. The standard InChI is InChI=1S/C56H38BN3O/c1-33-24-27-37(28-25-33)60-46-32-49-42(50-38-19-11-10-14-34(38)26-29-48(50)61-49)30-40(46)41-31-47(58(35-15-6-4-7-16-35)36-17-8-5-9-18-36)51-39-20-12-21-43-53(39)59-54-44(56(43,2)3)22-13-23-45(54)57(60)52(41)55(51)59/h4-32H,1-3H3. The first-order valence-electron chi connectivity index (χ1n) is 21.4. The van der Waals surface area contributed by atoms with Gasteiger partial charge in [0, 0.05) is 67.0 Å². The highest BCUT2D eigenvalue weighted by molar-refractivity contribution is 6.94. The van der Waals surface area contributed by atoms with E-state index >= 15 is 0 Å². The highest BCUT2D eigenvalue weighted by Gasteiger charge is 2.48. The van der Waals surface area contributed by atoms with E-state index < -0.39 is 0 Å². The van der Waals surface area contributed by atoms with Crippen molar-refractivity contribution in [3.05, 3.63) is 193 Å². The molecule has 0 aliphatic carbocycles. The summed E-state index contributed by atoms with van der Waals surface area (Å²) in [5, 5.41) is 7.27. The Kier molecular flexibility index (Phi) is 6.35. The molecule has 3 aliphatic heterocycles. The summed E-state index contributed by atoms with van der Waals surface area (Å²) < 4.78 is 9.54. The summed E-state index contributed by atoms with van der Waals surface area (Å²) >= 11 is 0. The topological polar surface area (TPSA) is 24.6 Å². The lowest BCUT2D eigenvalue weighted by Gasteiger charge is -2.45. The molecule has 5 heteroatoms. The summed E-state index contributed by atoms with van der Waals surface area (Å²) in [5.41, 5.74) is 20.3. The number of para-hydroxylation sites is 4. The molecule has 0 fully saturated rings. The molecule has 0 saturated heterocycles. The van der Waals surface area contributed by atoms with E-state index in [1.165, 1.54) is 82.7 Å². The maximum atomic E-state index is 6.87. The van der Waals surface area contributed by atoms with Crippen LogP contribution in [0.2, 0.25) is 0 Å². The Morgan fingerprint density at radius 3 is 2.05 bits per heavy atom. The first-order valence-corrected chi connectivity index (χ1v) is 21.4. The van der Waals surface area contributed by atoms with Gasteiger partial charge < -0.3 is 18.7 Å². The van der Waals surface area contributed by atoms with E-state index in [9.17, 15) is 0 Å². The molecule has 0 spiro atoms. The van der Waals surface area contributed by atoms with Gasteiger partial charge in [-0.05, 0) is 99.9 Å². The van der Waals surface area contributed by atoms with Crippen molar-refractivity contribution in [1.82, 2.24) is 4.57 Å². The number of hydrogen-bond acceptors (Lipinski definition) is 3. The molecule has 2 aromatic heterocycles. The van der Waals surface area contributed by atoms with Crippen molar-refractivity contribution >= 4 is 101 Å². The van der Waals surface area contributed by atoms with E-state index in [-0.39, 0.29) is 12.3 Å². The smallest absolute Gasteiger partial charge is 0.333 e. The van der Waals surface area contributed by atoms with Crippen molar-refractivity contribution in [3.63, 3.8) is 0 Å². The zero-order valence-electron chi connectivity index (χ0n) is 34.1. The van der Waals surface area contributed by atoms with Crippen molar-refractivity contribution in [2.24, 2.45) is 0 Å². The van der Waals surface area contributed by atoms with Crippen molar-refractivity contribution in [2.45, 2.75) is 26.2 Å². The SMILES string of the molecule is Cc1ccc(N2B3c4cccc5c4-n4c6c(cccc6c6c(N(c7ccccc7)c7ccccc7)cc(c3c64)-c3cc4c(cc32)oc2ccc3ccccc3c24)C5(C)C)cc1. The minimum Gasteiger partial charge on any atom is -0.456 e. The molecule has 0 atom stereocenters. The third-order valence-electron chi connectivity index (χ3n) is 14.1. The lowest BCUT2D eigenvalue weighted by Crippen LogP contribution is -2.61. The van der Waals surface area contributed by atoms with E-state index in [0.717, 1.165) is 44.7 Å². The predicted molar refractivity (Wildman–Crippen MR) is 256 cm³/mol. The van der Waals surface area contributed by atoms with Crippen LogP contribution in [0.3, 0.4) is 0 Å². The molecule has 0 radical (unpaired) electrons. The fourth-order valence-electron chi connectivity index (χ4n) is 11.5. The van der Waals surface area contributed by atoms with Crippen LogP contribution in [-0.2, 0) is 5.41 Å². The molecule has 286 valence electrons. The first-order chi connectivity index (χ1) is 30.0. The molecule has 0 bridgehead atoms. The summed E-state index contributed by atoms with van der Waals surface area (Å²) in [5.74, 6) is 0. The van der Waals surface area contributed by atoms with Gasteiger partial charge in [0.05, 0.1) is 16.7 Å². The zero-order valence-corrected chi connectivity index (χ0v) is 34.1. The minimum atomic E-state index is -0.223. The lowest BCUT2D eigenvalue weighted by atomic mass is 9.43. The quantitative estimate of drug-likeness (QED) is 0.166. The van der Waals surface area contributed by atoms with Crippen LogP contribution < -0.4 is 20.6 Å². The highest BCUT2D eigenvalue weighted by atomic mass is 16.3. The van der Waals surface area contributed by atoms with Gasteiger partial charge in [0.25, 0.3) is 0 Å². The fraction of sp³-hybridized carbons (Fsp3) is 0.0714. The third kappa shape index (κ3) is 4.20. The number of rotatable bonds is 4. The molecule has 5 heterocycles. The Morgan fingerprint density at radius 2 is 1.26 bits per heavy atom. The number of furan rings is 1. The predicted octanol–water partition coefficient (Wildman–Crippen LogP) is 13.5. The van der Waals surface area contributed by atoms with Crippen molar-refractivity contribution in [3.8, 4) is 16.8 Å². The second kappa shape index (κ2) is 11.6. The molecule has 61 heavy (non-hydrogen) atoms. The molecule has 4 nitrogen and oxygen atoms in total. The fourth-order valence-corrected chi connectivity index (χ4v) is 11.5. The van der Waals surface area contributed by atoms with Gasteiger partial charge in [-0.1, -0.05) is 135 Å². The van der Waals surface area contributed by atoms with Crippen LogP contribution in [0, 0.1) is 6.92 Å². The molecule has 0 unspecified atom stereocenters. The maximum Gasteiger partial charge on any atom is 0.333 e. The average molecular weight is 780 g/mol. The van der Waals surface area contributed by atoms with Crippen molar-refractivity contribution in [1.29, 1.82) is 0 Å². The molecule has 3 aliphatic rings. The number of hydrogen-bond donors (Lipinski definition) is 0. The number of nitrogens with zero attached hydrogens (tertiary/aromatic N) is 3. The highest BCUT2D eigenvalue weighted by Crippen LogP contribution is 2.55. The van der Waals surface area contributed by atoms with Gasteiger partial charge in [0.15, 0.2) is 0 Å². The summed E-state index contributed by atoms with van der Waals surface area (Å²) in [6, 6.07) is 65.3. The zero-order chi connectivity index (χ0) is 40.3. The Bertz CT molecular complexity index is 3660. The number of fused-ring (bicyclic) bond motifs is 9. The van der Waals surface area contributed by atoms with Crippen LogP contribution in [0.25, 0.3) is 71.3 Å². The maximum absolute atomic E-state index is 6.87. The van der Waals surface area contributed by atoms with Crippen LogP contribution >= 0.6 is 0 Å². The van der Waals surface area contributed by atoms with E-state index in [0.29, 0.717) is 0 Å². The van der Waals surface area contributed by atoms with Gasteiger partial charge in [0.1, 0.15) is 11.2 Å². The number of anilines is 5. The van der Waals surface area contributed by atoms with Crippen LogP contribution in [0.1, 0.15) is 30.5 Å². The van der Waals surface area contributed by atoms with Crippen molar-refractivity contribution in [2.75, 3.05) is 9.71 Å². The summed E-state index contributed by atoms with van der Waals surface area (Å²) in [6.07, 6.45) is 0. The minimum absolute atomic E-state index is 0.101. The number of aromatic nitrogens is 1. The average Bonchev–Trinajstić information content (AvgIpc) is 3.85. The molecule has 0 N–H and O–H groups in total. The van der Waals surface area contributed by atoms with Crippen LogP contribution in [0.4, 0.5) is 28.4 Å². The molecule has 0 saturated carbocycles. The number of benzene rings is 9. The van der Waals surface area contributed by atoms with Gasteiger partial charge in [-0.15, -0.1) is 0 Å². The van der Waals surface area contributed by atoms with E-state index in [4.69, 9.17) is 4.42 Å². The number of aryl methyl sites for hydroxylation is 1. The van der Waals surface area contributed by atoms with Crippen LogP contribution in [0.5, 0.6) is 0 Å². The molecule has 0 amide bonds. The summed E-state index contributed by atoms with van der Waals surface area (Å²) in [6.45, 7) is 6.90. The summed E-state index contributed by atoms with van der Waals surface area (Å²) in [4.78, 5) is 5.10. The Morgan fingerprint density at radius 1 is 0.557 bits per heavy atom. The van der Waals surface area contributed by atoms with E-state index in [1.54, 1.807) is 0 Å². The molecule has 9 aromatic carbocycles. The van der Waals surface area contributed by atoms with Gasteiger partial charge >= 0.3 is 6.85 Å². The monoisotopic (exact) mass is 779 g/mol. The van der Waals surface area contributed by atoms with Gasteiger partial charge in [-0.25, -0.2) is 0 Å². The van der Waals surface area contributed by atoms with E-state index in [1.807, 2.05) is 0 Å². The largest absolute Gasteiger partial charge is 0.456 e. The Balaban J connectivity index is 1.22. The van der Waals surface area contributed by atoms with Gasteiger partial charge in [0.2, 0.25) is 0 Å².